The molecule has 0 unspecified atom stereocenters. The molecule has 0 saturated heterocycles. The molecule has 2 amide bonds. The molecule has 2 aromatic carbocycles. The number of nitrogens with zero attached hydrogens (tertiary/aromatic N) is 12. The molecule has 0 aliphatic carbocycles. The Labute approximate surface area is 523 Å². The normalized spacial score (nSPS) is 15.2. The first-order valence-electron chi connectivity index (χ1n) is 22.4. The number of halogens is 3. The van der Waals surface area contributed by atoms with Crippen LogP contribution in [0.25, 0.3) is 22.5 Å². The number of thioether (sulfide) groups is 1. The third-order valence-corrected chi connectivity index (χ3v) is 12.6. The average Bonchev–Trinajstić information content (AvgIpc) is 4.08. The van der Waals surface area contributed by atoms with Gasteiger partial charge in [0, 0.05) is 25.2 Å². The van der Waals surface area contributed by atoms with Gasteiger partial charge in [-0.3, -0.25) is 48.6 Å². The number of thiol groups is 1. The van der Waals surface area contributed by atoms with E-state index in [1.54, 1.807) is 47.6 Å². The number of rotatable bonds is 9. The van der Waals surface area contributed by atoms with Crippen LogP contribution in [0, 0.1) is 11.6 Å². The van der Waals surface area contributed by atoms with E-state index in [9.17, 15) is 18.4 Å². The maximum Gasteiger partial charge on any atom is 1.00 e. The van der Waals surface area contributed by atoms with Crippen molar-refractivity contribution in [2.75, 3.05) is 48.5 Å². The molecule has 0 saturated carbocycles. The third-order valence-electron chi connectivity index (χ3n) is 11.2. The second-order valence-electron chi connectivity index (χ2n) is 17.7. The molecule has 374 valence electrons. The van der Waals surface area contributed by atoms with Crippen molar-refractivity contribution in [3.8, 4) is 22.5 Å². The molecule has 0 spiro atoms. The quantitative estimate of drug-likeness (QED) is 0.0553. The van der Waals surface area contributed by atoms with Gasteiger partial charge in [0.25, 0.3) is 18.3 Å². The van der Waals surface area contributed by atoms with Crippen molar-refractivity contribution in [1.82, 2.24) is 39.3 Å². The van der Waals surface area contributed by atoms with Crippen LogP contribution in [0.2, 0.25) is 5.15 Å². The van der Waals surface area contributed by atoms with Crippen molar-refractivity contribution in [2.45, 2.75) is 70.7 Å². The molecule has 4 aliphatic heterocycles. The molecule has 4 aromatic heterocycles. The van der Waals surface area contributed by atoms with Crippen LogP contribution in [0.5, 0.6) is 0 Å². The van der Waals surface area contributed by atoms with Crippen molar-refractivity contribution in [1.29, 1.82) is 0 Å². The standard InChI is InChI=1S/C24H25FN6OS.C22H20ClFN6O.C2H6S.CH2O3.2K.H/c1-5-33-22-19-20(30-14-24(2,3)27-23(30)29(4)21(19)32)28-31(22)13-15-6-8-16(9-7-15)18-11-10-17(25)12-26-18;1-22(2)12-29-19-17(20(31)28(3)21(29)26-22)18(23)30(27-19)11-13-4-6-14(7-5-13)16-9-8-15(24)10-25-16;1-2-3;2-1-4-3;;;/h6-12H,5,13-14H2,1-4H3;4-10H,11-12H2,1-3H3;3H,2H2,1H3;1,3H;;;/q;;;;2*+1;-1/p-1. The largest absolute Gasteiger partial charge is 1.00 e. The van der Waals surface area contributed by atoms with Gasteiger partial charge in [-0.2, -0.15) is 22.8 Å². The van der Waals surface area contributed by atoms with Crippen LogP contribution in [0.1, 0.15) is 74.8 Å². The SMILES string of the molecule is CCS.CCSc1c2c(nn1Cc1ccc(-c3ccc(F)cn3)cc1)N1CC(C)(C)N=C1N(C)C2=O.CN1C(=O)c2c(nn(Cc3ccc(-c4ccc(F)cn4)cc3)c2Cl)N2CC(C)(C)N=C12.O=CO[O-].[H-].[K+].[K+]. The fraction of sp³-hybridized carbons (Fsp3) is 0.327. The molecule has 10 rings (SSSR count). The summed E-state index contributed by atoms with van der Waals surface area (Å²) in [6, 6.07) is 21.8. The summed E-state index contributed by atoms with van der Waals surface area (Å²) >= 11 is 12.0. The van der Waals surface area contributed by atoms with Crippen LogP contribution < -0.4 is 118 Å². The van der Waals surface area contributed by atoms with Gasteiger partial charge >= 0.3 is 103 Å². The summed E-state index contributed by atoms with van der Waals surface area (Å²) in [6.07, 6.45) is 2.42. The molecule has 0 atom stereocenters. The fourth-order valence-electron chi connectivity index (χ4n) is 8.13. The molecule has 24 heteroatoms. The summed E-state index contributed by atoms with van der Waals surface area (Å²) in [5.41, 5.74) is 5.67. The minimum atomic E-state index is -0.368. The third kappa shape index (κ3) is 13.8. The van der Waals surface area contributed by atoms with E-state index >= 15 is 0 Å². The number of guanidine groups is 2. The minimum absolute atomic E-state index is 0. The molecule has 0 bridgehead atoms. The second-order valence-corrected chi connectivity index (χ2v) is 20.0. The van der Waals surface area contributed by atoms with Crippen LogP contribution in [0.3, 0.4) is 0 Å². The number of anilines is 2. The maximum atomic E-state index is 13.3. The number of pyridine rings is 2. The van der Waals surface area contributed by atoms with Crippen molar-refractivity contribution < 1.29 is 138 Å². The van der Waals surface area contributed by atoms with Crippen LogP contribution in [-0.4, -0.2) is 119 Å². The van der Waals surface area contributed by atoms with Gasteiger partial charge in [-0.05, 0) is 74.6 Å². The summed E-state index contributed by atoms with van der Waals surface area (Å²) in [7, 11) is 3.48. The summed E-state index contributed by atoms with van der Waals surface area (Å²) in [6.45, 7) is 14.3. The fourth-order valence-corrected chi connectivity index (χ4v) is 9.24. The van der Waals surface area contributed by atoms with Crippen LogP contribution >= 0.6 is 36.0 Å². The van der Waals surface area contributed by atoms with Crippen LogP contribution in [0.15, 0.2) is 100 Å². The van der Waals surface area contributed by atoms with Crippen molar-refractivity contribution in [3.05, 3.63) is 124 Å². The topological polar surface area (TPSA) is 183 Å². The van der Waals surface area contributed by atoms with E-state index in [0.29, 0.717) is 71.7 Å². The number of amides is 2. The van der Waals surface area contributed by atoms with Gasteiger partial charge in [0.1, 0.15) is 32.9 Å². The predicted octanol–water partition coefficient (Wildman–Crippen LogP) is 1.60. The molecule has 0 fully saturated rings. The number of carbonyl (C=O) groups excluding carboxylic acids is 3. The molecule has 6 aromatic rings. The molecule has 8 heterocycles. The summed E-state index contributed by atoms with van der Waals surface area (Å²) < 4.78 is 29.8. The Kier molecular flexibility index (Phi) is 21.6. The number of fused-ring (bicyclic) bond motifs is 6. The van der Waals surface area contributed by atoms with Crippen molar-refractivity contribution >= 4 is 77.8 Å². The Hall–Kier alpha value is -3.41. The van der Waals surface area contributed by atoms with Gasteiger partial charge < -0.3 is 11.6 Å². The van der Waals surface area contributed by atoms with Gasteiger partial charge in [0.05, 0.1) is 61.0 Å². The Morgan fingerprint density at radius 1 is 0.726 bits per heavy atom. The molecular weight excluding hydrogens is 1050 g/mol. The smallest absolute Gasteiger partial charge is 1.00 e. The van der Waals surface area contributed by atoms with Crippen molar-refractivity contribution in [3.63, 3.8) is 0 Å². The van der Waals surface area contributed by atoms with E-state index in [1.165, 1.54) is 29.4 Å². The zero-order valence-electron chi connectivity index (χ0n) is 43.3. The van der Waals surface area contributed by atoms with Crippen LogP contribution in [0.4, 0.5) is 20.4 Å². The first-order chi connectivity index (χ1) is 33.8. The van der Waals surface area contributed by atoms with E-state index in [0.717, 1.165) is 44.5 Å². The van der Waals surface area contributed by atoms with E-state index < -0.39 is 0 Å². The Morgan fingerprint density at radius 2 is 1.12 bits per heavy atom. The number of hydrogen-bond donors (Lipinski definition) is 1. The van der Waals surface area contributed by atoms with E-state index in [1.807, 2.05) is 78.9 Å². The first kappa shape index (κ1) is 60.5. The number of carbonyl (C=O) groups is 3. The Morgan fingerprint density at radius 3 is 1.52 bits per heavy atom. The predicted molar refractivity (Wildman–Crippen MR) is 273 cm³/mol. The minimum Gasteiger partial charge on any atom is -1.00 e. The van der Waals surface area contributed by atoms with Gasteiger partial charge in [-0.1, -0.05) is 74.0 Å². The second kappa shape index (κ2) is 26.1. The number of benzene rings is 2. The van der Waals surface area contributed by atoms with Gasteiger partial charge in [0.15, 0.2) is 11.6 Å². The molecule has 4 aliphatic rings. The average molecular weight is 1110 g/mol. The Bertz CT molecular complexity index is 2990. The summed E-state index contributed by atoms with van der Waals surface area (Å²) in [5, 5.41) is 19.2. The van der Waals surface area contributed by atoms with E-state index in [2.05, 4.69) is 63.2 Å². The summed E-state index contributed by atoms with van der Waals surface area (Å²) in [4.78, 5) is 62.3. The van der Waals surface area contributed by atoms with Crippen LogP contribution in [-0.2, 0) is 22.8 Å². The van der Waals surface area contributed by atoms with E-state index in [-0.39, 0.29) is 145 Å². The van der Waals surface area contributed by atoms with Gasteiger partial charge in [0.2, 0.25) is 11.9 Å². The maximum absolute atomic E-state index is 13.3. The summed E-state index contributed by atoms with van der Waals surface area (Å²) in [5.74, 6) is 3.26. The zero-order valence-corrected chi connectivity index (χ0v) is 51.0. The van der Waals surface area contributed by atoms with Gasteiger partial charge in [-0.15, -0.1) is 11.8 Å². The number of hydrogen-bond acceptors (Lipinski definition) is 15. The van der Waals surface area contributed by atoms with Crippen molar-refractivity contribution in [2.24, 2.45) is 9.98 Å². The zero-order chi connectivity index (χ0) is 51.4. The van der Waals surface area contributed by atoms with E-state index in [4.69, 9.17) is 31.7 Å². The molecule has 0 N–H and O–H groups in total. The first-order valence-corrected chi connectivity index (χ1v) is 24.4. The molecule has 17 nitrogen and oxygen atoms in total. The number of aliphatic imine (C=N–C) groups is 2. The van der Waals surface area contributed by atoms with Gasteiger partial charge in [-0.25, -0.2) is 23.4 Å². The molecule has 0 radical (unpaired) electrons. The monoisotopic (exact) mass is 1100 g/mol. The molecular formula is C49H53ClF2K2N12O5S2. The molecule has 73 heavy (non-hydrogen) atoms. The Balaban J connectivity index is 0.000000275. The number of aromatic nitrogens is 6.